The number of ether oxygens (including phenoxy) is 5. The molecule has 2 aliphatic rings. The molecule has 4 atom stereocenters. The molecule has 0 bridgehead atoms. The van der Waals surface area contributed by atoms with Crippen LogP contribution in [0.4, 0.5) is 0 Å². The van der Waals surface area contributed by atoms with E-state index in [9.17, 15) is 4.79 Å². The first-order chi connectivity index (χ1) is 22.1. The van der Waals surface area contributed by atoms with E-state index < -0.39 is 30.2 Å². The highest BCUT2D eigenvalue weighted by Crippen LogP contribution is 2.41. The highest BCUT2D eigenvalue weighted by atomic mass is 35.5. The predicted octanol–water partition coefficient (Wildman–Crippen LogP) is 7.33. The fourth-order valence-electron chi connectivity index (χ4n) is 5.68. The van der Waals surface area contributed by atoms with Crippen LogP contribution >= 0.6 is 11.6 Å². The molecule has 1 fully saturated rings. The summed E-state index contributed by atoms with van der Waals surface area (Å²) < 4.78 is 38.1. The van der Waals surface area contributed by atoms with Gasteiger partial charge in [-0.25, -0.2) is 4.79 Å². The lowest BCUT2D eigenvalue weighted by molar-refractivity contribution is -0.229. The number of rotatable bonds is 10. The highest BCUT2D eigenvalue weighted by molar-refractivity contribution is 6.31. The first-order valence-electron chi connectivity index (χ1n) is 14.8. The quantitative estimate of drug-likeness (QED) is 0.151. The van der Waals surface area contributed by atoms with Crippen molar-refractivity contribution in [3.05, 3.63) is 152 Å². The Morgan fingerprint density at radius 2 is 1.36 bits per heavy atom. The van der Waals surface area contributed by atoms with Gasteiger partial charge in [-0.15, -0.1) is 0 Å². The van der Waals surface area contributed by atoms with E-state index in [1.54, 1.807) is 24.3 Å². The van der Waals surface area contributed by atoms with Crippen molar-refractivity contribution in [2.45, 2.75) is 44.4 Å². The van der Waals surface area contributed by atoms with Crippen LogP contribution in [-0.4, -0.2) is 31.2 Å². The Hall–Kier alpha value is -4.24. The molecule has 0 spiro atoms. The first-order valence-corrected chi connectivity index (χ1v) is 15.2. The second-order valence-electron chi connectivity index (χ2n) is 11.0. The van der Waals surface area contributed by atoms with Crippen molar-refractivity contribution in [3.63, 3.8) is 0 Å². The van der Waals surface area contributed by atoms with E-state index in [4.69, 9.17) is 39.7 Å². The molecule has 8 heteroatoms. The zero-order chi connectivity index (χ0) is 30.6. The van der Waals surface area contributed by atoms with E-state index in [0.717, 1.165) is 16.7 Å². The van der Waals surface area contributed by atoms with Gasteiger partial charge in [0.1, 0.15) is 35.2 Å². The van der Waals surface area contributed by atoms with Gasteiger partial charge in [0.2, 0.25) is 6.29 Å². The number of hydrogen-bond acceptors (Lipinski definition) is 7. The average molecular weight is 623 g/mol. The Morgan fingerprint density at radius 1 is 0.733 bits per heavy atom. The Labute approximate surface area is 265 Å². The predicted molar refractivity (Wildman–Crippen MR) is 171 cm³/mol. The van der Waals surface area contributed by atoms with Gasteiger partial charge in [-0.2, -0.15) is 0 Å². The van der Waals surface area contributed by atoms with E-state index >= 15 is 0 Å². The molecule has 228 valence electrons. The lowest BCUT2D eigenvalue weighted by atomic mass is 9.92. The van der Waals surface area contributed by atoms with Crippen LogP contribution in [0.1, 0.15) is 22.3 Å². The van der Waals surface area contributed by atoms with Gasteiger partial charge < -0.3 is 28.1 Å². The molecule has 7 nitrogen and oxygen atoms in total. The van der Waals surface area contributed by atoms with Gasteiger partial charge in [0.15, 0.2) is 0 Å². The van der Waals surface area contributed by atoms with E-state index in [0.29, 0.717) is 47.1 Å². The van der Waals surface area contributed by atoms with Crippen LogP contribution in [-0.2, 0) is 38.8 Å². The van der Waals surface area contributed by atoms with Gasteiger partial charge in [0.05, 0.1) is 31.8 Å². The van der Waals surface area contributed by atoms with Crippen molar-refractivity contribution in [2.24, 2.45) is 0 Å². The minimum absolute atomic E-state index is 0.225. The number of fused-ring (bicyclic) bond motifs is 4. The number of benzene rings is 4. The van der Waals surface area contributed by atoms with Crippen LogP contribution in [0.5, 0.6) is 5.75 Å². The lowest BCUT2D eigenvalue weighted by Crippen LogP contribution is -2.56. The summed E-state index contributed by atoms with van der Waals surface area (Å²) in [5, 5.41) is 1.07. The number of halogens is 1. The molecule has 0 N–H and O–H groups in total. The number of hydrogen-bond donors (Lipinski definition) is 0. The third-order valence-corrected chi connectivity index (χ3v) is 8.14. The maximum Gasteiger partial charge on any atom is 0.347 e. The van der Waals surface area contributed by atoms with Crippen molar-refractivity contribution in [1.82, 2.24) is 0 Å². The summed E-state index contributed by atoms with van der Waals surface area (Å²) in [6.07, 6.45) is -0.869. The normalized spacial score (nSPS) is 20.6. The SMILES string of the molecule is O=c1oc2ccc(Cl)cc2c2c1C=C1[C@H](O2)O[C@H](COCc2ccccc2)[C@H](OCc2ccccc2)[C@@H]1OCc1ccccc1. The first kappa shape index (κ1) is 29.5. The van der Waals surface area contributed by atoms with Crippen LogP contribution in [0.3, 0.4) is 0 Å². The van der Waals surface area contributed by atoms with E-state index in [2.05, 4.69) is 0 Å². The molecular formula is C37H31ClO7. The van der Waals surface area contributed by atoms with Gasteiger partial charge in [-0.1, -0.05) is 103 Å². The minimum atomic E-state index is -0.857. The Morgan fingerprint density at radius 3 is 2.02 bits per heavy atom. The largest absolute Gasteiger partial charge is 0.459 e. The van der Waals surface area contributed by atoms with E-state index in [-0.39, 0.29) is 12.2 Å². The van der Waals surface area contributed by atoms with E-state index in [1.807, 2.05) is 91.0 Å². The lowest BCUT2D eigenvalue weighted by Gasteiger charge is -2.44. The third-order valence-electron chi connectivity index (χ3n) is 7.90. The molecule has 0 radical (unpaired) electrons. The summed E-state index contributed by atoms with van der Waals surface area (Å²) in [4.78, 5) is 13.2. The van der Waals surface area contributed by atoms with Gasteiger partial charge in [0.25, 0.3) is 0 Å². The van der Waals surface area contributed by atoms with Crippen molar-refractivity contribution in [1.29, 1.82) is 0 Å². The van der Waals surface area contributed by atoms with Crippen molar-refractivity contribution in [2.75, 3.05) is 6.61 Å². The molecule has 5 aromatic rings. The van der Waals surface area contributed by atoms with E-state index in [1.165, 1.54) is 0 Å². The fraction of sp³-hybridized carbons (Fsp3) is 0.216. The maximum atomic E-state index is 13.2. The van der Waals surface area contributed by atoms with Crippen LogP contribution in [0.2, 0.25) is 5.02 Å². The van der Waals surface area contributed by atoms with Gasteiger partial charge in [0, 0.05) is 10.6 Å². The minimum Gasteiger partial charge on any atom is -0.459 e. The molecule has 0 aliphatic carbocycles. The molecule has 1 saturated heterocycles. The summed E-state index contributed by atoms with van der Waals surface area (Å²) in [5.41, 5.74) is 3.80. The highest BCUT2D eigenvalue weighted by Gasteiger charge is 2.47. The molecule has 3 heterocycles. The molecule has 4 aromatic carbocycles. The van der Waals surface area contributed by atoms with Crippen LogP contribution in [0.15, 0.2) is 124 Å². The second-order valence-corrected chi connectivity index (χ2v) is 11.5. The second kappa shape index (κ2) is 13.4. The Kier molecular flexibility index (Phi) is 8.78. The smallest absolute Gasteiger partial charge is 0.347 e. The zero-order valence-corrected chi connectivity index (χ0v) is 25.1. The summed E-state index contributed by atoms with van der Waals surface area (Å²) >= 11 is 6.32. The van der Waals surface area contributed by atoms with Gasteiger partial charge in [-0.05, 0) is 41.0 Å². The maximum absolute atomic E-state index is 13.2. The fourth-order valence-corrected chi connectivity index (χ4v) is 5.85. The topological polar surface area (TPSA) is 76.4 Å². The molecule has 45 heavy (non-hydrogen) atoms. The third kappa shape index (κ3) is 6.59. The Balaban J connectivity index is 1.26. The summed E-state index contributed by atoms with van der Waals surface area (Å²) in [6, 6.07) is 34.8. The van der Waals surface area contributed by atoms with Crippen molar-refractivity contribution in [3.8, 4) is 5.75 Å². The van der Waals surface area contributed by atoms with Crippen LogP contribution < -0.4 is 10.4 Å². The van der Waals surface area contributed by atoms with Gasteiger partial charge >= 0.3 is 5.63 Å². The van der Waals surface area contributed by atoms with Crippen LogP contribution in [0.25, 0.3) is 17.0 Å². The van der Waals surface area contributed by atoms with Crippen molar-refractivity contribution >= 4 is 28.6 Å². The molecule has 0 unspecified atom stereocenters. The standard InChI is InChI=1S/C37H31ClO7/c38-27-16-17-31-28(18-27)33-29(36(39)43-31)19-30-34(41-21-25-12-6-2-7-13-25)35(42-22-26-14-8-3-9-15-26)32(44-37(30)45-33)23-40-20-24-10-4-1-5-11-24/h1-19,32,34-35,37H,20-23H2/t32-,34-,35+,37+/m1/s1. The summed E-state index contributed by atoms with van der Waals surface area (Å²) in [5.74, 6) is 0.354. The molecule has 2 aliphatic heterocycles. The zero-order valence-electron chi connectivity index (χ0n) is 24.3. The van der Waals surface area contributed by atoms with Gasteiger partial charge in [-0.3, -0.25) is 0 Å². The molecule has 0 amide bonds. The molecule has 0 saturated carbocycles. The molecule has 1 aromatic heterocycles. The molecular weight excluding hydrogens is 592 g/mol. The monoisotopic (exact) mass is 622 g/mol. The Bertz CT molecular complexity index is 1840. The summed E-state index contributed by atoms with van der Waals surface area (Å²) in [7, 11) is 0. The van der Waals surface area contributed by atoms with Crippen molar-refractivity contribution < 1.29 is 28.1 Å². The average Bonchev–Trinajstić information content (AvgIpc) is 3.08. The van der Waals surface area contributed by atoms with Crippen LogP contribution in [0, 0.1) is 0 Å². The summed E-state index contributed by atoms with van der Waals surface area (Å²) in [6.45, 7) is 1.27. The molecule has 7 rings (SSSR count).